The topological polar surface area (TPSA) is 105 Å². The van der Waals surface area contributed by atoms with Crippen LogP contribution < -0.4 is 5.48 Å². The van der Waals surface area contributed by atoms with Crippen molar-refractivity contribution in [2.75, 3.05) is 6.61 Å². The average molecular weight is 618 g/mol. The van der Waals surface area contributed by atoms with Gasteiger partial charge in [-0.25, -0.2) is 10.3 Å². The van der Waals surface area contributed by atoms with Gasteiger partial charge in [-0.3, -0.25) is 14.4 Å². The number of halogens is 2. The number of carbonyl (C=O) groups is 3. The number of ether oxygens (including phenoxy) is 1. The third-order valence-corrected chi connectivity index (χ3v) is 9.12. The molecule has 2 aromatic carbocycles. The van der Waals surface area contributed by atoms with E-state index < -0.39 is 36.0 Å². The summed E-state index contributed by atoms with van der Waals surface area (Å²) >= 11 is 14.1. The number of fused-ring (bicyclic) bond motifs is 1. The molecule has 2 aliphatic rings. The van der Waals surface area contributed by atoms with E-state index in [1.807, 2.05) is 0 Å². The molecule has 216 valence electrons. The summed E-state index contributed by atoms with van der Waals surface area (Å²) in [6.07, 6.45) is 2.14. The van der Waals surface area contributed by atoms with E-state index in [4.69, 9.17) is 32.8 Å². The van der Waals surface area contributed by atoms with Crippen LogP contribution in [0.15, 0.2) is 54.6 Å². The van der Waals surface area contributed by atoms with Gasteiger partial charge in [0.15, 0.2) is 0 Å². The van der Waals surface area contributed by atoms with E-state index >= 15 is 0 Å². The molecule has 1 fully saturated rings. The van der Waals surface area contributed by atoms with Crippen LogP contribution in [0.25, 0.3) is 0 Å². The molecule has 0 saturated heterocycles. The van der Waals surface area contributed by atoms with E-state index in [-0.39, 0.29) is 19.1 Å². The first kappa shape index (κ1) is 29.5. The second-order valence-electron chi connectivity index (χ2n) is 10.0. The predicted octanol–water partition coefficient (Wildman–Crippen LogP) is 6.06. The van der Waals surface area contributed by atoms with Crippen LogP contribution in [0.2, 0.25) is 10.0 Å². The quantitative estimate of drug-likeness (QED) is 0.235. The molecular weight excluding hydrogens is 587 g/mol. The molecule has 3 aromatic rings. The first-order valence-corrected chi connectivity index (χ1v) is 15.1. The molecule has 0 bridgehead atoms. The number of rotatable bonds is 8. The lowest BCUT2D eigenvalue weighted by Crippen LogP contribution is -2.55. The number of thiophene rings is 1. The molecule has 1 aromatic heterocycles. The maximum atomic E-state index is 14.0. The summed E-state index contributed by atoms with van der Waals surface area (Å²) < 4.78 is 5.04. The SMILES string of the molecule is CCOC(=O)c1ccc(CONC(=O)[C@@H]2c3ccccc3C(=O)N([C@H]3CCCCC3O)[C@H]2c2ccc(Cl)cc2Cl)s1. The molecular formula is C30H30Cl2N2O6S. The Bertz CT molecular complexity index is 1450. The molecule has 0 spiro atoms. The smallest absolute Gasteiger partial charge is 0.348 e. The van der Waals surface area contributed by atoms with Crippen molar-refractivity contribution < 1.29 is 29.1 Å². The van der Waals surface area contributed by atoms with Crippen molar-refractivity contribution >= 4 is 52.3 Å². The maximum Gasteiger partial charge on any atom is 0.348 e. The normalized spacial score (nSPS) is 22.2. The van der Waals surface area contributed by atoms with Gasteiger partial charge < -0.3 is 14.7 Å². The van der Waals surface area contributed by atoms with E-state index in [0.29, 0.717) is 44.5 Å². The van der Waals surface area contributed by atoms with Gasteiger partial charge in [0.25, 0.3) is 11.8 Å². The zero-order chi connectivity index (χ0) is 29.1. The summed E-state index contributed by atoms with van der Waals surface area (Å²) in [5.41, 5.74) is 4.05. The van der Waals surface area contributed by atoms with Crippen molar-refractivity contribution in [1.82, 2.24) is 10.4 Å². The van der Waals surface area contributed by atoms with Gasteiger partial charge in [0, 0.05) is 20.5 Å². The Morgan fingerprint density at radius 1 is 1.07 bits per heavy atom. The van der Waals surface area contributed by atoms with E-state index in [1.165, 1.54) is 11.3 Å². The monoisotopic (exact) mass is 616 g/mol. The Balaban J connectivity index is 1.48. The summed E-state index contributed by atoms with van der Waals surface area (Å²) in [5.74, 6) is -2.05. The second kappa shape index (κ2) is 12.9. The molecule has 1 unspecified atom stereocenters. The number of hydrogen-bond acceptors (Lipinski definition) is 7. The molecule has 4 atom stereocenters. The fourth-order valence-corrected chi connectivity index (χ4v) is 7.03. The van der Waals surface area contributed by atoms with Crippen molar-refractivity contribution in [3.63, 3.8) is 0 Å². The predicted molar refractivity (Wildman–Crippen MR) is 156 cm³/mol. The Hall–Kier alpha value is -2.95. The Labute approximate surface area is 252 Å². The minimum atomic E-state index is -0.893. The number of amides is 2. The Morgan fingerprint density at radius 2 is 1.85 bits per heavy atom. The molecule has 1 aliphatic heterocycles. The van der Waals surface area contributed by atoms with Gasteiger partial charge in [0.2, 0.25) is 0 Å². The molecule has 1 saturated carbocycles. The summed E-state index contributed by atoms with van der Waals surface area (Å²) in [7, 11) is 0. The number of aliphatic hydroxyl groups is 1. The van der Waals surface area contributed by atoms with Gasteiger partial charge in [-0.15, -0.1) is 11.3 Å². The fraction of sp³-hybridized carbons (Fsp3) is 0.367. The van der Waals surface area contributed by atoms with Crippen LogP contribution >= 0.6 is 34.5 Å². The number of aliphatic hydroxyl groups excluding tert-OH is 1. The highest BCUT2D eigenvalue weighted by molar-refractivity contribution is 7.13. The first-order chi connectivity index (χ1) is 19.8. The van der Waals surface area contributed by atoms with Crippen LogP contribution in [-0.4, -0.2) is 46.5 Å². The number of hydrogen-bond donors (Lipinski definition) is 2. The van der Waals surface area contributed by atoms with Crippen molar-refractivity contribution in [3.8, 4) is 0 Å². The Morgan fingerprint density at radius 3 is 2.61 bits per heavy atom. The lowest BCUT2D eigenvalue weighted by molar-refractivity contribution is -0.138. The minimum Gasteiger partial charge on any atom is -0.462 e. The van der Waals surface area contributed by atoms with Crippen LogP contribution in [-0.2, 0) is 21.0 Å². The highest BCUT2D eigenvalue weighted by atomic mass is 35.5. The van der Waals surface area contributed by atoms with Gasteiger partial charge in [-0.1, -0.05) is 60.3 Å². The van der Waals surface area contributed by atoms with Crippen molar-refractivity contribution in [3.05, 3.63) is 91.1 Å². The number of hydroxylamine groups is 1. The molecule has 2 N–H and O–H groups in total. The number of esters is 1. The van der Waals surface area contributed by atoms with Crippen LogP contribution in [0.4, 0.5) is 0 Å². The summed E-state index contributed by atoms with van der Waals surface area (Å²) in [6.45, 7) is 2.04. The van der Waals surface area contributed by atoms with Gasteiger partial charge in [0.05, 0.1) is 30.7 Å². The van der Waals surface area contributed by atoms with E-state index in [1.54, 1.807) is 66.4 Å². The summed E-state index contributed by atoms with van der Waals surface area (Å²) in [6, 6.07) is 14.0. The first-order valence-electron chi connectivity index (χ1n) is 13.5. The summed E-state index contributed by atoms with van der Waals surface area (Å²) in [4.78, 5) is 48.4. The number of nitrogens with zero attached hydrogens (tertiary/aromatic N) is 1. The minimum absolute atomic E-state index is 0.0283. The van der Waals surface area contributed by atoms with Crippen LogP contribution in [0.3, 0.4) is 0 Å². The largest absolute Gasteiger partial charge is 0.462 e. The zero-order valence-electron chi connectivity index (χ0n) is 22.3. The zero-order valence-corrected chi connectivity index (χ0v) is 24.7. The van der Waals surface area contributed by atoms with Crippen LogP contribution in [0.5, 0.6) is 0 Å². The maximum absolute atomic E-state index is 14.0. The molecule has 1 aliphatic carbocycles. The molecule has 0 radical (unpaired) electrons. The molecule has 8 nitrogen and oxygen atoms in total. The van der Waals surface area contributed by atoms with Crippen molar-refractivity contribution in [1.29, 1.82) is 0 Å². The standard InChI is InChI=1S/C30H30Cl2N2O6S/c1-2-39-30(38)25-14-12-18(41-25)16-40-33-28(36)26-19-7-3-4-8-20(19)29(37)34(23-9-5-6-10-24(23)35)27(26)21-13-11-17(31)15-22(21)32/h3-4,7-8,11-15,23-24,26-27,35H,2,5-6,9-10,16H2,1H3,(H,33,36)/t23-,24?,26+,27-/m0/s1. The average Bonchev–Trinajstić information content (AvgIpc) is 3.43. The second-order valence-corrected chi connectivity index (χ2v) is 12.1. The molecule has 2 heterocycles. The lowest BCUT2D eigenvalue weighted by atomic mass is 9.77. The van der Waals surface area contributed by atoms with Crippen LogP contribution in [0, 0.1) is 0 Å². The Kier molecular flexibility index (Phi) is 9.31. The van der Waals surface area contributed by atoms with E-state index in [0.717, 1.165) is 17.7 Å². The van der Waals surface area contributed by atoms with Crippen molar-refractivity contribution in [2.24, 2.45) is 0 Å². The summed E-state index contributed by atoms with van der Waals surface area (Å²) in [5, 5.41) is 11.8. The van der Waals surface area contributed by atoms with Gasteiger partial charge in [0.1, 0.15) is 11.5 Å². The molecule has 11 heteroatoms. The molecule has 5 rings (SSSR count). The van der Waals surface area contributed by atoms with Gasteiger partial charge in [-0.05, 0) is 61.2 Å². The molecule has 2 amide bonds. The fourth-order valence-electron chi connectivity index (χ4n) is 5.70. The van der Waals surface area contributed by atoms with Crippen molar-refractivity contribution in [2.45, 2.75) is 63.3 Å². The third kappa shape index (κ3) is 6.15. The third-order valence-electron chi connectivity index (χ3n) is 7.52. The number of nitrogens with one attached hydrogen (secondary N) is 1. The van der Waals surface area contributed by atoms with E-state index in [9.17, 15) is 19.5 Å². The number of benzene rings is 2. The van der Waals surface area contributed by atoms with Crippen LogP contribution in [0.1, 0.15) is 80.6 Å². The highest BCUT2D eigenvalue weighted by Gasteiger charge is 2.49. The highest BCUT2D eigenvalue weighted by Crippen LogP contribution is 2.47. The van der Waals surface area contributed by atoms with Gasteiger partial charge >= 0.3 is 5.97 Å². The van der Waals surface area contributed by atoms with E-state index in [2.05, 4.69) is 5.48 Å². The molecule has 41 heavy (non-hydrogen) atoms. The van der Waals surface area contributed by atoms with Gasteiger partial charge in [-0.2, -0.15) is 0 Å². The lowest BCUT2D eigenvalue weighted by Gasteiger charge is -2.48. The number of carbonyl (C=O) groups excluding carboxylic acids is 3.